The molecule has 0 aromatic heterocycles. The number of sulfonamides is 1. The molecule has 0 saturated carbocycles. The number of halogens is 1. The topological polar surface area (TPSA) is 122 Å². The van der Waals surface area contributed by atoms with Crippen LogP contribution in [0, 0.1) is 17.0 Å². The fourth-order valence-electron chi connectivity index (χ4n) is 3.88. The molecular weight excluding hydrogens is 552 g/mol. The Morgan fingerprint density at radius 3 is 2.33 bits per heavy atom. The van der Waals surface area contributed by atoms with Gasteiger partial charge in [-0.15, -0.1) is 0 Å². The van der Waals surface area contributed by atoms with Gasteiger partial charge in [-0.2, -0.15) is 5.10 Å². The summed E-state index contributed by atoms with van der Waals surface area (Å²) in [4.78, 5) is 24.0. The fraction of sp³-hybridized carbons (Fsp3) is 0.103. The van der Waals surface area contributed by atoms with E-state index in [9.17, 15) is 23.3 Å². The number of para-hydroxylation sites is 1. The lowest BCUT2D eigenvalue weighted by Gasteiger charge is -2.26. The largest absolute Gasteiger partial charge is 0.273 e. The van der Waals surface area contributed by atoms with Gasteiger partial charge < -0.3 is 0 Å². The van der Waals surface area contributed by atoms with Crippen molar-refractivity contribution in [2.45, 2.75) is 25.3 Å². The summed E-state index contributed by atoms with van der Waals surface area (Å²) in [6.07, 6.45) is 0. The van der Waals surface area contributed by atoms with Gasteiger partial charge in [0.25, 0.3) is 21.6 Å². The molecule has 40 heavy (non-hydrogen) atoms. The van der Waals surface area contributed by atoms with E-state index in [4.69, 9.17) is 11.6 Å². The molecular formula is C29H25ClN4O5S. The first-order valence-electron chi connectivity index (χ1n) is 12.1. The molecule has 4 aromatic rings. The number of nitro benzene ring substituents is 1. The van der Waals surface area contributed by atoms with Crippen molar-refractivity contribution in [2.75, 3.05) is 4.31 Å². The molecule has 0 unspecified atom stereocenters. The van der Waals surface area contributed by atoms with Gasteiger partial charge >= 0.3 is 0 Å². The van der Waals surface area contributed by atoms with E-state index in [1.54, 1.807) is 67.6 Å². The molecule has 0 saturated heterocycles. The number of aryl methyl sites for hydroxylation is 1. The van der Waals surface area contributed by atoms with E-state index in [0.717, 1.165) is 5.56 Å². The molecule has 0 atom stereocenters. The molecule has 0 radical (unpaired) electrons. The minimum absolute atomic E-state index is 0.0619. The standard InChI is InChI=1S/C29H25ClN4O5S/c1-20-10-16-26(17-11-20)40(38,39)33(19-22-12-14-24(30)15-13-22)28-9-4-3-8-27(28)29(35)32-31-21(2)23-6-5-7-25(18-23)34(36)37/h3-18H,19H2,1-2H3,(H,32,35)/b31-21-. The molecule has 204 valence electrons. The third-order valence-corrected chi connectivity index (χ3v) is 8.09. The molecule has 0 aliphatic heterocycles. The van der Waals surface area contributed by atoms with Crippen LogP contribution in [0.5, 0.6) is 0 Å². The minimum atomic E-state index is -4.10. The van der Waals surface area contributed by atoms with Crippen molar-refractivity contribution >= 4 is 44.6 Å². The van der Waals surface area contributed by atoms with Crippen LogP contribution in [0.25, 0.3) is 0 Å². The number of benzene rings is 4. The first kappa shape index (κ1) is 28.5. The molecule has 11 heteroatoms. The normalized spacial score (nSPS) is 11.6. The van der Waals surface area contributed by atoms with E-state index >= 15 is 0 Å². The maximum atomic E-state index is 13.9. The second kappa shape index (κ2) is 12.1. The lowest BCUT2D eigenvalue weighted by molar-refractivity contribution is -0.384. The number of nitro groups is 1. The number of hydrogen-bond acceptors (Lipinski definition) is 6. The number of rotatable bonds is 9. The zero-order valence-corrected chi connectivity index (χ0v) is 23.2. The van der Waals surface area contributed by atoms with Gasteiger partial charge in [-0.1, -0.05) is 65.7 Å². The van der Waals surface area contributed by atoms with Crippen molar-refractivity contribution in [3.8, 4) is 0 Å². The van der Waals surface area contributed by atoms with Crippen molar-refractivity contribution in [1.29, 1.82) is 0 Å². The number of hydrogen-bond donors (Lipinski definition) is 1. The number of nitrogens with one attached hydrogen (secondary N) is 1. The predicted octanol–water partition coefficient (Wildman–Crippen LogP) is 6.11. The average Bonchev–Trinajstić information content (AvgIpc) is 2.95. The van der Waals surface area contributed by atoms with E-state index in [2.05, 4.69) is 10.5 Å². The van der Waals surface area contributed by atoms with E-state index in [1.165, 1.54) is 40.7 Å². The highest BCUT2D eigenvalue weighted by Crippen LogP contribution is 2.30. The zero-order valence-electron chi connectivity index (χ0n) is 21.6. The lowest BCUT2D eigenvalue weighted by Crippen LogP contribution is -2.33. The molecule has 0 aliphatic rings. The van der Waals surface area contributed by atoms with Crippen LogP contribution in [0.2, 0.25) is 5.02 Å². The molecule has 1 N–H and O–H groups in total. The maximum Gasteiger partial charge on any atom is 0.273 e. The Balaban J connectivity index is 1.72. The third-order valence-electron chi connectivity index (χ3n) is 6.07. The van der Waals surface area contributed by atoms with Gasteiger partial charge in [0.1, 0.15) is 0 Å². The van der Waals surface area contributed by atoms with Gasteiger partial charge in [-0.3, -0.25) is 19.2 Å². The second-order valence-corrected chi connectivity index (χ2v) is 11.2. The molecule has 9 nitrogen and oxygen atoms in total. The first-order chi connectivity index (χ1) is 19.1. The molecule has 4 rings (SSSR count). The molecule has 0 aliphatic carbocycles. The van der Waals surface area contributed by atoms with Crippen molar-refractivity contribution < 1.29 is 18.1 Å². The van der Waals surface area contributed by atoms with Gasteiger partial charge in [0.2, 0.25) is 0 Å². The van der Waals surface area contributed by atoms with Crippen molar-refractivity contribution in [2.24, 2.45) is 5.10 Å². The first-order valence-corrected chi connectivity index (χ1v) is 13.9. The summed E-state index contributed by atoms with van der Waals surface area (Å²) in [5.41, 5.74) is 4.92. The number of carbonyl (C=O) groups is 1. The lowest BCUT2D eigenvalue weighted by atomic mass is 10.1. The van der Waals surface area contributed by atoms with Crippen LogP contribution in [-0.2, 0) is 16.6 Å². The van der Waals surface area contributed by atoms with Gasteiger partial charge in [0.15, 0.2) is 0 Å². The summed E-state index contributed by atoms with van der Waals surface area (Å²) >= 11 is 6.03. The van der Waals surface area contributed by atoms with Crippen molar-refractivity contribution in [3.63, 3.8) is 0 Å². The predicted molar refractivity (Wildman–Crippen MR) is 155 cm³/mol. The Kier molecular flexibility index (Phi) is 8.61. The van der Waals surface area contributed by atoms with Crippen molar-refractivity contribution in [3.05, 3.63) is 134 Å². The van der Waals surface area contributed by atoms with Gasteiger partial charge in [-0.05, 0) is 55.8 Å². The Hall–Kier alpha value is -4.54. The Morgan fingerprint density at radius 2 is 1.65 bits per heavy atom. The summed E-state index contributed by atoms with van der Waals surface area (Å²) in [7, 11) is -4.10. The van der Waals surface area contributed by atoms with Crippen LogP contribution >= 0.6 is 11.6 Å². The number of non-ortho nitro benzene ring substituents is 1. The quantitative estimate of drug-likeness (QED) is 0.146. The SMILES string of the molecule is C/C(=N/NC(=O)c1ccccc1N(Cc1ccc(Cl)cc1)S(=O)(=O)c1ccc(C)cc1)c1cccc([N+](=O)[O-])c1. The summed E-state index contributed by atoms with van der Waals surface area (Å²) in [6.45, 7) is 3.39. The minimum Gasteiger partial charge on any atom is -0.267 e. The number of carbonyl (C=O) groups excluding carboxylic acids is 1. The zero-order chi connectivity index (χ0) is 28.9. The number of anilines is 1. The summed E-state index contributed by atoms with van der Waals surface area (Å²) in [5, 5.41) is 15.7. The molecule has 0 bridgehead atoms. The van der Waals surface area contributed by atoms with Gasteiger partial charge in [0.05, 0.1) is 33.3 Å². The van der Waals surface area contributed by atoms with Crippen LogP contribution < -0.4 is 9.73 Å². The summed E-state index contributed by atoms with van der Waals surface area (Å²) in [6, 6.07) is 25.4. The van der Waals surface area contributed by atoms with Crippen LogP contribution in [0.3, 0.4) is 0 Å². The molecule has 0 fully saturated rings. The second-order valence-electron chi connectivity index (χ2n) is 8.91. The highest BCUT2D eigenvalue weighted by Gasteiger charge is 2.28. The fourth-order valence-corrected chi connectivity index (χ4v) is 5.48. The average molecular weight is 577 g/mol. The summed E-state index contributed by atoms with van der Waals surface area (Å²) < 4.78 is 29.0. The highest BCUT2D eigenvalue weighted by atomic mass is 35.5. The summed E-state index contributed by atoms with van der Waals surface area (Å²) in [5.74, 6) is -0.652. The van der Waals surface area contributed by atoms with Crippen LogP contribution in [0.1, 0.15) is 34.0 Å². The van der Waals surface area contributed by atoms with E-state index < -0.39 is 20.9 Å². The highest BCUT2D eigenvalue weighted by molar-refractivity contribution is 7.92. The number of amides is 1. The third kappa shape index (κ3) is 6.53. The Labute approximate surface area is 236 Å². The number of hydrazone groups is 1. The molecule has 1 amide bonds. The maximum absolute atomic E-state index is 13.9. The van der Waals surface area contributed by atoms with Crippen LogP contribution in [-0.4, -0.2) is 25.0 Å². The van der Waals surface area contributed by atoms with E-state index in [1.807, 2.05) is 6.92 Å². The molecule has 0 spiro atoms. The Bertz CT molecular complexity index is 1690. The smallest absolute Gasteiger partial charge is 0.267 e. The van der Waals surface area contributed by atoms with Crippen molar-refractivity contribution in [1.82, 2.24) is 5.43 Å². The van der Waals surface area contributed by atoms with E-state index in [-0.39, 0.29) is 28.4 Å². The Morgan fingerprint density at radius 1 is 0.975 bits per heavy atom. The number of nitrogens with zero attached hydrogens (tertiary/aromatic N) is 3. The van der Waals surface area contributed by atoms with Crippen LogP contribution in [0.4, 0.5) is 11.4 Å². The van der Waals surface area contributed by atoms with E-state index in [0.29, 0.717) is 21.9 Å². The van der Waals surface area contributed by atoms with Crippen LogP contribution in [0.15, 0.2) is 107 Å². The molecule has 0 heterocycles. The van der Waals surface area contributed by atoms with Gasteiger partial charge in [-0.25, -0.2) is 13.8 Å². The van der Waals surface area contributed by atoms with Gasteiger partial charge in [0, 0.05) is 22.7 Å². The molecule has 4 aromatic carbocycles. The monoisotopic (exact) mass is 576 g/mol.